The van der Waals surface area contributed by atoms with Crippen LogP contribution >= 0.6 is 11.3 Å². The van der Waals surface area contributed by atoms with Gasteiger partial charge in [-0.05, 0) is 36.4 Å². The Morgan fingerprint density at radius 2 is 1.55 bits per heavy atom. The Morgan fingerprint density at radius 1 is 0.710 bits per heavy atom. The number of hydrogen-bond acceptors (Lipinski definition) is 3. The lowest BCUT2D eigenvalue weighted by atomic mass is 10.0. The van der Waals surface area contributed by atoms with E-state index in [-0.39, 0.29) is 5.82 Å². The fourth-order valence-electron chi connectivity index (χ4n) is 4.53. The second kappa shape index (κ2) is 6.13. The van der Waals surface area contributed by atoms with E-state index >= 15 is 0 Å². The number of para-hydroxylation sites is 2. The van der Waals surface area contributed by atoms with Crippen LogP contribution in [-0.4, -0.2) is 4.98 Å². The van der Waals surface area contributed by atoms with Crippen molar-refractivity contribution < 1.29 is 8.81 Å². The van der Waals surface area contributed by atoms with Crippen molar-refractivity contribution in [3.8, 4) is 11.3 Å². The molecule has 7 rings (SSSR count). The van der Waals surface area contributed by atoms with Gasteiger partial charge in [0.25, 0.3) is 0 Å². The Kier molecular flexibility index (Phi) is 3.35. The highest BCUT2D eigenvalue weighted by Gasteiger charge is 2.18. The van der Waals surface area contributed by atoms with Crippen molar-refractivity contribution >= 4 is 64.4 Å². The van der Waals surface area contributed by atoms with Gasteiger partial charge in [0.15, 0.2) is 5.58 Å². The van der Waals surface area contributed by atoms with Gasteiger partial charge in [0.2, 0.25) is 0 Å². The third kappa shape index (κ3) is 2.39. The summed E-state index contributed by atoms with van der Waals surface area (Å²) in [5.74, 6) is -0.209. The molecule has 0 spiro atoms. The highest BCUT2D eigenvalue weighted by Crippen LogP contribution is 2.41. The van der Waals surface area contributed by atoms with E-state index in [4.69, 9.17) is 9.40 Å². The summed E-state index contributed by atoms with van der Waals surface area (Å²) in [6.45, 7) is 0. The fourth-order valence-corrected chi connectivity index (χ4v) is 5.64. The standard InChI is InChI=1S/C27H14FNOS/c28-16-10-11-17-20-13-15(9-12-23(20)31-24(17)14-16)26-27-25(18-5-1-3-7-21(18)29-26)19-6-2-4-8-22(19)30-27/h1-14H. The van der Waals surface area contributed by atoms with E-state index in [2.05, 4.69) is 30.3 Å². The Hall–Kier alpha value is -3.76. The minimum absolute atomic E-state index is 0.209. The molecule has 0 unspecified atom stereocenters. The van der Waals surface area contributed by atoms with Crippen molar-refractivity contribution in [3.63, 3.8) is 0 Å². The van der Waals surface area contributed by atoms with Gasteiger partial charge in [0, 0.05) is 41.9 Å². The van der Waals surface area contributed by atoms with E-state index in [1.165, 1.54) is 6.07 Å². The first-order chi connectivity index (χ1) is 15.3. The van der Waals surface area contributed by atoms with Crippen LogP contribution in [0, 0.1) is 5.82 Å². The van der Waals surface area contributed by atoms with Crippen LogP contribution in [0.2, 0.25) is 0 Å². The van der Waals surface area contributed by atoms with E-state index < -0.39 is 0 Å². The molecule has 4 aromatic carbocycles. The number of rotatable bonds is 1. The summed E-state index contributed by atoms with van der Waals surface area (Å²) < 4.78 is 22.1. The molecular weight excluding hydrogens is 405 g/mol. The molecule has 0 bridgehead atoms. The molecule has 0 aliphatic heterocycles. The summed E-state index contributed by atoms with van der Waals surface area (Å²) in [5.41, 5.74) is 4.41. The minimum Gasteiger partial charge on any atom is -0.454 e. The van der Waals surface area contributed by atoms with E-state index in [1.807, 2.05) is 42.5 Å². The lowest BCUT2D eigenvalue weighted by Crippen LogP contribution is -1.87. The van der Waals surface area contributed by atoms with Gasteiger partial charge in [0.05, 0.1) is 5.52 Å². The number of furan rings is 1. The minimum atomic E-state index is -0.209. The zero-order valence-corrected chi connectivity index (χ0v) is 17.0. The molecule has 3 heterocycles. The lowest BCUT2D eigenvalue weighted by molar-refractivity contribution is 0.630. The maximum absolute atomic E-state index is 13.7. The first kappa shape index (κ1) is 17.0. The van der Waals surface area contributed by atoms with Crippen molar-refractivity contribution in [2.24, 2.45) is 0 Å². The summed E-state index contributed by atoms with van der Waals surface area (Å²) in [5, 5.41) is 5.44. The molecule has 0 atom stereocenters. The molecule has 0 radical (unpaired) electrons. The molecule has 146 valence electrons. The smallest absolute Gasteiger partial charge is 0.162 e. The molecule has 4 heteroatoms. The zero-order chi connectivity index (χ0) is 20.5. The molecule has 0 N–H and O–H groups in total. The van der Waals surface area contributed by atoms with Gasteiger partial charge in [-0.15, -0.1) is 11.3 Å². The maximum atomic E-state index is 13.7. The van der Waals surface area contributed by atoms with Gasteiger partial charge in [0.1, 0.15) is 17.1 Å². The van der Waals surface area contributed by atoms with E-state index in [0.29, 0.717) is 0 Å². The Bertz CT molecular complexity index is 1810. The number of benzene rings is 4. The first-order valence-corrected chi connectivity index (χ1v) is 10.9. The van der Waals surface area contributed by atoms with Gasteiger partial charge in [-0.25, -0.2) is 9.37 Å². The highest BCUT2D eigenvalue weighted by molar-refractivity contribution is 7.25. The maximum Gasteiger partial charge on any atom is 0.162 e. The topological polar surface area (TPSA) is 26.0 Å². The van der Waals surface area contributed by atoms with Gasteiger partial charge < -0.3 is 4.42 Å². The molecule has 0 saturated heterocycles. The molecule has 0 amide bonds. The summed E-state index contributed by atoms with van der Waals surface area (Å²) in [6, 6.07) is 27.6. The average Bonchev–Trinajstić information content (AvgIpc) is 3.36. The van der Waals surface area contributed by atoms with Gasteiger partial charge in [-0.3, -0.25) is 0 Å². The third-order valence-corrected chi connectivity index (χ3v) is 7.06. The van der Waals surface area contributed by atoms with Crippen molar-refractivity contribution in [1.29, 1.82) is 0 Å². The molecule has 3 aromatic heterocycles. The second-order valence-corrected chi connectivity index (χ2v) is 8.82. The molecular formula is C27H14FNOS. The van der Waals surface area contributed by atoms with Crippen molar-refractivity contribution in [3.05, 3.63) is 90.7 Å². The first-order valence-electron chi connectivity index (χ1n) is 10.1. The molecule has 0 aliphatic rings. The highest BCUT2D eigenvalue weighted by atomic mass is 32.1. The number of thiophene rings is 1. The number of nitrogens with zero attached hydrogens (tertiary/aromatic N) is 1. The molecule has 0 saturated carbocycles. The van der Waals surface area contributed by atoms with Crippen LogP contribution < -0.4 is 0 Å². The summed E-state index contributed by atoms with van der Waals surface area (Å²) >= 11 is 1.61. The van der Waals surface area contributed by atoms with Crippen molar-refractivity contribution in [2.75, 3.05) is 0 Å². The summed E-state index contributed by atoms with van der Waals surface area (Å²) in [6.07, 6.45) is 0. The SMILES string of the molecule is Fc1ccc2c(c1)sc1ccc(-c3nc4ccccc4c4c3oc3ccccc34)cc12. The van der Waals surface area contributed by atoms with Crippen LogP contribution in [-0.2, 0) is 0 Å². The molecule has 31 heavy (non-hydrogen) atoms. The average molecular weight is 419 g/mol. The van der Waals surface area contributed by atoms with Crippen LogP contribution in [0.1, 0.15) is 0 Å². The van der Waals surface area contributed by atoms with E-state index in [9.17, 15) is 4.39 Å². The Labute approximate surface area is 180 Å². The van der Waals surface area contributed by atoms with E-state index in [0.717, 1.165) is 64.3 Å². The largest absolute Gasteiger partial charge is 0.454 e. The van der Waals surface area contributed by atoms with Gasteiger partial charge in [-0.2, -0.15) is 0 Å². The third-order valence-electron chi connectivity index (χ3n) is 5.92. The Morgan fingerprint density at radius 3 is 2.48 bits per heavy atom. The van der Waals surface area contributed by atoms with Gasteiger partial charge >= 0.3 is 0 Å². The zero-order valence-electron chi connectivity index (χ0n) is 16.2. The predicted octanol–water partition coefficient (Wildman–Crippen LogP) is 8.31. The number of aromatic nitrogens is 1. The second-order valence-electron chi connectivity index (χ2n) is 7.73. The van der Waals surface area contributed by atoms with Crippen LogP contribution in [0.3, 0.4) is 0 Å². The van der Waals surface area contributed by atoms with Crippen LogP contribution in [0.5, 0.6) is 0 Å². The fraction of sp³-hybridized carbons (Fsp3) is 0. The molecule has 2 nitrogen and oxygen atoms in total. The number of pyridine rings is 1. The van der Waals surface area contributed by atoms with Crippen LogP contribution in [0.15, 0.2) is 89.3 Å². The van der Waals surface area contributed by atoms with E-state index in [1.54, 1.807) is 17.4 Å². The van der Waals surface area contributed by atoms with Crippen molar-refractivity contribution in [1.82, 2.24) is 4.98 Å². The molecule has 0 aliphatic carbocycles. The lowest BCUT2D eigenvalue weighted by Gasteiger charge is -2.06. The van der Waals surface area contributed by atoms with Crippen LogP contribution in [0.4, 0.5) is 4.39 Å². The quantitative estimate of drug-likeness (QED) is 0.267. The number of halogens is 1. The normalized spacial score (nSPS) is 12.0. The number of hydrogen-bond donors (Lipinski definition) is 0. The predicted molar refractivity (Wildman–Crippen MR) is 127 cm³/mol. The van der Waals surface area contributed by atoms with Gasteiger partial charge in [-0.1, -0.05) is 48.5 Å². The monoisotopic (exact) mass is 419 g/mol. The summed E-state index contributed by atoms with van der Waals surface area (Å²) in [4.78, 5) is 5.00. The molecule has 0 fully saturated rings. The number of fused-ring (bicyclic) bond motifs is 8. The summed E-state index contributed by atoms with van der Waals surface area (Å²) in [7, 11) is 0. The Balaban J connectivity index is 1.61. The molecule has 7 aromatic rings. The van der Waals surface area contributed by atoms with Crippen LogP contribution in [0.25, 0.3) is 64.3 Å². The van der Waals surface area contributed by atoms with Crippen molar-refractivity contribution in [2.45, 2.75) is 0 Å².